The Morgan fingerprint density at radius 2 is 2.06 bits per heavy atom. The maximum atomic E-state index is 9.65. The Morgan fingerprint density at radius 3 is 2.31 bits per heavy atom. The van der Waals surface area contributed by atoms with Gasteiger partial charge in [-0.2, -0.15) is 0 Å². The number of aromatic hydroxyl groups is 1. The van der Waals surface area contributed by atoms with Crippen molar-refractivity contribution in [1.29, 1.82) is 0 Å². The number of carbonyl (C=O) groups is 1. The fourth-order valence-electron chi connectivity index (χ4n) is 0.738. The third-order valence-corrected chi connectivity index (χ3v) is 1.67. The number of aliphatic carboxylic acids is 1. The summed E-state index contributed by atoms with van der Waals surface area (Å²) in [6.45, 7) is 3.03. The summed E-state index contributed by atoms with van der Waals surface area (Å²) in [6.07, 6.45) is 1.62. The number of phenols is 1. The lowest BCUT2D eigenvalue weighted by Gasteiger charge is -1.96. The topological polar surface area (TPSA) is 104 Å². The number of aliphatic hydroxyl groups is 1. The molecule has 5 nitrogen and oxygen atoms in total. The van der Waals surface area contributed by atoms with Crippen molar-refractivity contribution in [3.8, 4) is 5.75 Å². The van der Waals surface area contributed by atoms with Crippen molar-refractivity contribution in [3.63, 3.8) is 0 Å². The highest BCUT2D eigenvalue weighted by atomic mass is 16.4. The van der Waals surface area contributed by atoms with Gasteiger partial charge in [0.05, 0.1) is 6.61 Å². The Bertz CT molecular complexity index is 352. The molecule has 5 N–H and O–H groups in total. The molecule has 0 heterocycles. The summed E-state index contributed by atoms with van der Waals surface area (Å²) in [4.78, 5) is 9.65. The third-order valence-electron chi connectivity index (χ3n) is 1.67. The average Bonchev–Trinajstić information content (AvgIpc) is 2.29. The first-order chi connectivity index (χ1) is 7.52. The van der Waals surface area contributed by atoms with E-state index in [9.17, 15) is 4.79 Å². The van der Waals surface area contributed by atoms with Gasteiger partial charge in [-0.1, -0.05) is 30.9 Å². The lowest BCUT2D eigenvalue weighted by Crippen LogP contribution is -2.33. The van der Waals surface area contributed by atoms with Crippen LogP contribution >= 0.6 is 0 Å². The second-order valence-corrected chi connectivity index (χ2v) is 2.89. The number of nitrogens with two attached hydrogens (primary N) is 1. The molecule has 0 aliphatic carbocycles. The zero-order valence-electron chi connectivity index (χ0n) is 8.71. The highest BCUT2D eigenvalue weighted by Gasteiger charge is 2.06. The second kappa shape index (κ2) is 7.44. The molecule has 0 amide bonds. The van der Waals surface area contributed by atoms with Crippen molar-refractivity contribution in [1.82, 2.24) is 0 Å². The summed E-state index contributed by atoms with van der Waals surface area (Å²) >= 11 is 0. The molecular formula is C11H15NO4. The van der Waals surface area contributed by atoms with Crippen LogP contribution in [0.3, 0.4) is 0 Å². The maximum absolute atomic E-state index is 9.65. The van der Waals surface area contributed by atoms with Gasteiger partial charge in [-0.3, -0.25) is 4.79 Å². The van der Waals surface area contributed by atoms with E-state index in [1.165, 1.54) is 0 Å². The van der Waals surface area contributed by atoms with Gasteiger partial charge in [0, 0.05) is 5.56 Å². The zero-order valence-corrected chi connectivity index (χ0v) is 8.71. The molecule has 0 spiro atoms. The smallest absolute Gasteiger partial charge is 0.322 e. The van der Waals surface area contributed by atoms with Gasteiger partial charge in [0.25, 0.3) is 0 Å². The van der Waals surface area contributed by atoms with Gasteiger partial charge in [0.1, 0.15) is 11.8 Å². The highest BCUT2D eigenvalue weighted by Crippen LogP contribution is 2.15. The van der Waals surface area contributed by atoms with E-state index in [1.54, 1.807) is 18.2 Å². The molecule has 0 aliphatic heterocycles. The molecule has 0 fully saturated rings. The first-order valence-electron chi connectivity index (χ1n) is 4.52. The van der Waals surface area contributed by atoms with Crippen LogP contribution in [-0.2, 0) is 4.79 Å². The first-order valence-corrected chi connectivity index (χ1v) is 4.52. The molecule has 0 aliphatic rings. The molecule has 0 saturated heterocycles. The highest BCUT2D eigenvalue weighted by molar-refractivity contribution is 5.73. The Balaban J connectivity index is 0.000000293. The molecule has 88 valence electrons. The minimum Gasteiger partial charge on any atom is -0.507 e. The van der Waals surface area contributed by atoms with Crippen LogP contribution in [0, 0.1) is 0 Å². The lowest BCUT2D eigenvalue weighted by atomic mass is 10.2. The van der Waals surface area contributed by atoms with Gasteiger partial charge in [-0.05, 0) is 6.07 Å². The van der Waals surface area contributed by atoms with Crippen LogP contribution < -0.4 is 5.73 Å². The molecule has 1 atom stereocenters. The number of phenolic OH excluding ortho intramolecular Hbond substituents is 1. The summed E-state index contributed by atoms with van der Waals surface area (Å²) in [5, 5.41) is 24.9. The number of carboxylic acid groups (broad SMARTS) is 1. The molecule has 1 rings (SSSR count). The van der Waals surface area contributed by atoms with E-state index in [4.69, 9.17) is 21.1 Å². The van der Waals surface area contributed by atoms with E-state index in [0.717, 1.165) is 5.56 Å². The SMILES string of the molecule is C=Cc1ccccc1O.N[C@@H](CO)C(=O)O. The van der Waals surface area contributed by atoms with Gasteiger partial charge in [-0.25, -0.2) is 0 Å². The largest absolute Gasteiger partial charge is 0.507 e. The van der Waals surface area contributed by atoms with Crippen molar-refractivity contribution < 1.29 is 20.1 Å². The predicted molar refractivity (Wildman–Crippen MR) is 60.9 cm³/mol. The molecule has 0 unspecified atom stereocenters. The molecular weight excluding hydrogens is 210 g/mol. The number of rotatable bonds is 3. The van der Waals surface area contributed by atoms with E-state index < -0.39 is 18.6 Å². The Morgan fingerprint density at radius 1 is 1.50 bits per heavy atom. The monoisotopic (exact) mass is 225 g/mol. The number of hydrogen-bond acceptors (Lipinski definition) is 4. The van der Waals surface area contributed by atoms with Crippen molar-refractivity contribution in [2.45, 2.75) is 6.04 Å². The minimum absolute atomic E-state index is 0.285. The summed E-state index contributed by atoms with van der Waals surface area (Å²) in [5.74, 6) is -0.894. The van der Waals surface area contributed by atoms with Crippen molar-refractivity contribution in [2.75, 3.05) is 6.61 Å². The Hall–Kier alpha value is -1.85. The average molecular weight is 225 g/mol. The van der Waals surface area contributed by atoms with E-state index in [-0.39, 0.29) is 5.75 Å². The van der Waals surface area contributed by atoms with Crippen molar-refractivity contribution in [3.05, 3.63) is 36.4 Å². The minimum atomic E-state index is -1.18. The number of para-hydroxylation sites is 1. The number of carboxylic acids is 1. The molecule has 1 aromatic carbocycles. The maximum Gasteiger partial charge on any atom is 0.322 e. The van der Waals surface area contributed by atoms with E-state index in [1.807, 2.05) is 12.1 Å². The Kier molecular flexibility index (Phi) is 6.58. The fourth-order valence-corrected chi connectivity index (χ4v) is 0.738. The van der Waals surface area contributed by atoms with Crippen molar-refractivity contribution in [2.24, 2.45) is 5.73 Å². The van der Waals surface area contributed by atoms with Crippen molar-refractivity contribution >= 4 is 12.0 Å². The van der Waals surface area contributed by atoms with Crippen LogP contribution in [0.4, 0.5) is 0 Å². The molecule has 16 heavy (non-hydrogen) atoms. The van der Waals surface area contributed by atoms with Gasteiger partial charge in [0.15, 0.2) is 0 Å². The second-order valence-electron chi connectivity index (χ2n) is 2.89. The molecule has 0 bridgehead atoms. The summed E-state index contributed by atoms with van der Waals surface area (Å²) in [6, 6.07) is 5.96. The van der Waals surface area contributed by atoms with Crippen LogP contribution in [0.15, 0.2) is 30.8 Å². The normalized spacial score (nSPS) is 10.9. The molecule has 5 heteroatoms. The number of benzene rings is 1. The number of aliphatic hydroxyl groups excluding tert-OH is 1. The van der Waals surface area contributed by atoms with Crippen LogP contribution in [-0.4, -0.2) is 33.9 Å². The summed E-state index contributed by atoms with van der Waals surface area (Å²) in [5.41, 5.74) is 5.54. The van der Waals surface area contributed by atoms with Gasteiger partial charge < -0.3 is 21.1 Å². The van der Waals surface area contributed by atoms with E-state index in [2.05, 4.69) is 6.58 Å². The van der Waals surface area contributed by atoms with Crippen LogP contribution in [0.25, 0.3) is 6.08 Å². The van der Waals surface area contributed by atoms with Crippen LogP contribution in [0.2, 0.25) is 0 Å². The van der Waals surface area contributed by atoms with Gasteiger partial charge in [0.2, 0.25) is 0 Å². The molecule has 1 aromatic rings. The van der Waals surface area contributed by atoms with Crippen LogP contribution in [0.5, 0.6) is 5.75 Å². The predicted octanol–water partition coefficient (Wildman–Crippen LogP) is 0.426. The lowest BCUT2D eigenvalue weighted by molar-refractivity contribution is -0.139. The standard InChI is InChI=1S/C8H8O.C3H7NO3/c1-2-7-5-3-4-6-8(7)9;4-2(1-5)3(6)7/h2-6,9H,1H2;2,5H,1,4H2,(H,6,7)/t;2-/m.0/s1. The summed E-state index contributed by atoms with van der Waals surface area (Å²) < 4.78 is 0. The molecule has 0 saturated carbocycles. The van der Waals surface area contributed by atoms with Gasteiger partial charge in [-0.15, -0.1) is 0 Å². The quantitative estimate of drug-likeness (QED) is 0.597. The zero-order chi connectivity index (χ0) is 12.6. The fraction of sp³-hybridized carbons (Fsp3) is 0.182. The Labute approximate surface area is 93.5 Å². The van der Waals surface area contributed by atoms with Gasteiger partial charge >= 0.3 is 5.97 Å². The summed E-state index contributed by atoms with van der Waals surface area (Å²) in [7, 11) is 0. The third kappa shape index (κ3) is 5.14. The molecule has 0 aromatic heterocycles. The number of hydrogen-bond donors (Lipinski definition) is 4. The first kappa shape index (κ1) is 14.2. The van der Waals surface area contributed by atoms with E-state index >= 15 is 0 Å². The van der Waals surface area contributed by atoms with Crippen LogP contribution in [0.1, 0.15) is 5.56 Å². The molecule has 0 radical (unpaired) electrons. The van der Waals surface area contributed by atoms with E-state index in [0.29, 0.717) is 0 Å².